The van der Waals surface area contributed by atoms with Gasteiger partial charge in [-0.15, -0.1) is 11.3 Å². The molecule has 3 saturated heterocycles. The Balaban J connectivity index is 0.000000423. The number of nitrogens with two attached hydrogens (primary N) is 1. The second-order valence-corrected chi connectivity index (χ2v) is 12.9. The number of fused-ring (bicyclic) bond motifs is 4. The van der Waals surface area contributed by atoms with Gasteiger partial charge in [-0.1, -0.05) is 19.9 Å². The predicted octanol–water partition coefficient (Wildman–Crippen LogP) is 7.34. The van der Waals surface area contributed by atoms with Crippen LogP contribution in [0.4, 0.5) is 32.8 Å². The van der Waals surface area contributed by atoms with Gasteiger partial charge in [0.15, 0.2) is 5.82 Å². The van der Waals surface area contributed by atoms with E-state index in [9.17, 15) is 22.8 Å². The van der Waals surface area contributed by atoms with Gasteiger partial charge >= 0.3 is 12.2 Å². The first-order chi connectivity index (χ1) is 22.4. The van der Waals surface area contributed by atoms with Gasteiger partial charge in [0.2, 0.25) is 0 Å². The maximum absolute atomic E-state index is 16.4. The highest BCUT2D eigenvalue weighted by molar-refractivity contribution is 7.23. The van der Waals surface area contributed by atoms with Crippen LogP contribution >= 0.6 is 11.3 Å². The highest BCUT2D eigenvalue weighted by Crippen LogP contribution is 2.48. The number of nitrogen functional groups attached to an aromatic ring is 1. The fraction of sp³-hybridized carbons (Fsp3) is 0.485. The maximum Gasteiger partial charge on any atom is 0.417 e. The average molecular weight is 676 g/mol. The summed E-state index contributed by atoms with van der Waals surface area (Å²) in [5, 5.41) is 12.7. The number of ether oxygens (including phenoxy) is 1. The summed E-state index contributed by atoms with van der Waals surface area (Å²) >= 11 is 0.714. The molecule has 3 fully saturated rings. The van der Waals surface area contributed by atoms with E-state index in [2.05, 4.69) is 34.2 Å². The molecule has 0 spiro atoms. The molecule has 3 unspecified atom stereocenters. The largest absolute Gasteiger partial charge is 0.467 e. The number of methoxy groups -OCH3 is 1. The number of nitrogens with one attached hydrogen (secondary N) is 1. The monoisotopic (exact) mass is 675 g/mol. The molecule has 0 amide bonds. The standard InChI is InChI=1S/C25H19F5N6OS.C6H13N.C2H6/c1-37-24-34-20-13(23(35-24)36-8-10-2-3-11(9-36)33-10)6-15(25(28,29)30)18(19(20)27)12-4-5-16(26)21-17(12)14(7-31)22(32)38-21;1-6-4-3-5-7(6)2;1-2/h4-6,10-11,33H,2-3,8-9,32H2,1H3;6H,3-5H2,1-2H3;1-2H3. The van der Waals surface area contributed by atoms with Crippen LogP contribution in [0.2, 0.25) is 0 Å². The molecule has 7 rings (SSSR count). The van der Waals surface area contributed by atoms with Crippen LogP contribution in [0.15, 0.2) is 18.2 Å². The normalized spacial score (nSPS) is 20.9. The van der Waals surface area contributed by atoms with Gasteiger partial charge in [-0.05, 0) is 63.9 Å². The van der Waals surface area contributed by atoms with Crippen LogP contribution in [0.25, 0.3) is 32.1 Å². The van der Waals surface area contributed by atoms with E-state index in [1.54, 1.807) is 0 Å². The number of hydrogen-bond acceptors (Lipinski definition) is 9. The summed E-state index contributed by atoms with van der Waals surface area (Å²) < 4.78 is 79.7. The number of rotatable bonds is 3. The summed E-state index contributed by atoms with van der Waals surface area (Å²) in [6, 6.07) is 5.51. The van der Waals surface area contributed by atoms with Gasteiger partial charge in [-0.25, -0.2) is 8.78 Å². The Morgan fingerprint density at radius 2 is 1.79 bits per heavy atom. The molecule has 2 aromatic heterocycles. The van der Waals surface area contributed by atoms with Crippen molar-refractivity contribution in [1.29, 1.82) is 5.26 Å². The van der Waals surface area contributed by atoms with Crippen molar-refractivity contribution < 1.29 is 26.7 Å². The first kappa shape index (κ1) is 34.5. The first-order valence-corrected chi connectivity index (χ1v) is 16.5. The van der Waals surface area contributed by atoms with E-state index in [0.717, 1.165) is 37.1 Å². The molecule has 0 radical (unpaired) electrons. The zero-order chi connectivity index (χ0) is 34.2. The van der Waals surface area contributed by atoms with Gasteiger partial charge in [-0.2, -0.15) is 28.4 Å². The third kappa shape index (κ3) is 6.53. The molecule has 2 bridgehead atoms. The van der Waals surface area contributed by atoms with Crippen LogP contribution < -0.4 is 20.7 Å². The number of alkyl halides is 3. The number of hydrogen-bond donors (Lipinski definition) is 2. The van der Waals surface area contributed by atoms with E-state index in [4.69, 9.17) is 10.5 Å². The van der Waals surface area contributed by atoms with Crippen molar-refractivity contribution in [2.24, 2.45) is 0 Å². The van der Waals surface area contributed by atoms with Crippen LogP contribution in [0.5, 0.6) is 6.01 Å². The molecule has 3 aliphatic heterocycles. The van der Waals surface area contributed by atoms with E-state index >= 15 is 4.39 Å². The third-order valence-corrected chi connectivity index (χ3v) is 10.0. The lowest BCUT2D eigenvalue weighted by Gasteiger charge is -2.34. The van der Waals surface area contributed by atoms with Crippen molar-refractivity contribution >= 4 is 43.1 Å². The maximum atomic E-state index is 16.4. The Labute approximate surface area is 274 Å². The summed E-state index contributed by atoms with van der Waals surface area (Å²) in [6.07, 6.45) is -0.369. The Morgan fingerprint density at radius 1 is 1.11 bits per heavy atom. The molecule has 8 nitrogen and oxygen atoms in total. The van der Waals surface area contributed by atoms with E-state index in [-0.39, 0.29) is 61.0 Å². The number of nitrogens with zero attached hydrogens (tertiary/aromatic N) is 5. The number of halogens is 5. The summed E-state index contributed by atoms with van der Waals surface area (Å²) in [5.41, 5.74) is 2.82. The van der Waals surface area contributed by atoms with Crippen molar-refractivity contribution in [3.8, 4) is 23.2 Å². The SMILES string of the molecule is CC.CC1CCCN1C.COc1nc(N2CC3CCC(C2)N3)c2cc(C(F)(F)F)c(-c3ccc(F)c4sc(N)c(C#N)c34)c(F)c2n1. The third-order valence-electron chi connectivity index (χ3n) is 8.98. The van der Waals surface area contributed by atoms with Crippen molar-refractivity contribution in [2.45, 2.75) is 70.8 Å². The fourth-order valence-corrected chi connectivity index (χ4v) is 7.51. The lowest BCUT2D eigenvalue weighted by molar-refractivity contribution is -0.137. The molecular formula is C33H38F5N7OS. The fourth-order valence-electron chi connectivity index (χ4n) is 6.57. The minimum Gasteiger partial charge on any atom is -0.467 e. The van der Waals surface area contributed by atoms with Gasteiger partial charge in [0.1, 0.15) is 28.2 Å². The van der Waals surface area contributed by atoms with Crippen molar-refractivity contribution in [3.05, 3.63) is 41.0 Å². The quantitative estimate of drug-likeness (QED) is 0.218. The number of piperazine rings is 1. The smallest absolute Gasteiger partial charge is 0.417 e. The summed E-state index contributed by atoms with van der Waals surface area (Å²) in [7, 11) is 3.48. The van der Waals surface area contributed by atoms with Crippen molar-refractivity contribution in [3.63, 3.8) is 0 Å². The molecule has 4 aromatic rings. The Bertz CT molecular complexity index is 1800. The topological polar surface area (TPSA) is 103 Å². The zero-order valence-corrected chi connectivity index (χ0v) is 27.8. The number of nitriles is 1. The van der Waals surface area contributed by atoms with E-state index in [1.807, 2.05) is 24.8 Å². The molecule has 0 saturated carbocycles. The number of thiophene rings is 1. The summed E-state index contributed by atoms with van der Waals surface area (Å²) in [6.45, 7) is 8.55. The van der Waals surface area contributed by atoms with Gasteiger partial charge < -0.3 is 25.6 Å². The van der Waals surface area contributed by atoms with Gasteiger partial charge in [-0.3, -0.25) is 0 Å². The molecule has 3 aliphatic rings. The number of anilines is 2. The second kappa shape index (κ2) is 13.7. The Kier molecular flexibility index (Phi) is 10.1. The Morgan fingerprint density at radius 3 is 2.32 bits per heavy atom. The second-order valence-electron chi connectivity index (χ2n) is 11.8. The average Bonchev–Trinajstić information content (AvgIpc) is 3.72. The highest BCUT2D eigenvalue weighted by atomic mass is 32.1. The first-order valence-electron chi connectivity index (χ1n) is 15.7. The lowest BCUT2D eigenvalue weighted by atomic mass is 9.92. The van der Waals surface area contributed by atoms with Gasteiger partial charge in [0.25, 0.3) is 0 Å². The van der Waals surface area contributed by atoms with E-state index in [0.29, 0.717) is 24.4 Å². The van der Waals surface area contributed by atoms with Crippen LogP contribution in [0.3, 0.4) is 0 Å². The van der Waals surface area contributed by atoms with Crippen molar-refractivity contribution in [2.75, 3.05) is 44.4 Å². The molecule has 0 aliphatic carbocycles. The van der Waals surface area contributed by atoms with Gasteiger partial charge in [0, 0.05) is 47.6 Å². The molecule has 14 heteroatoms. The van der Waals surface area contributed by atoms with E-state index < -0.39 is 28.9 Å². The van der Waals surface area contributed by atoms with Crippen LogP contribution in [0.1, 0.15) is 57.6 Å². The minimum absolute atomic E-state index is 0.0803. The molecule has 5 heterocycles. The van der Waals surface area contributed by atoms with Crippen LogP contribution in [0, 0.1) is 23.0 Å². The number of likely N-dealkylation sites (tertiary alicyclic amines) is 1. The lowest BCUT2D eigenvalue weighted by Crippen LogP contribution is -2.51. The molecule has 3 atom stereocenters. The van der Waals surface area contributed by atoms with Gasteiger partial charge in [0.05, 0.1) is 22.9 Å². The van der Waals surface area contributed by atoms with E-state index in [1.165, 1.54) is 26.5 Å². The molecule has 2 aromatic carbocycles. The molecule has 252 valence electrons. The molecule has 3 N–H and O–H groups in total. The summed E-state index contributed by atoms with van der Waals surface area (Å²) in [5.74, 6) is -1.92. The van der Waals surface area contributed by atoms with Crippen LogP contribution in [-0.2, 0) is 6.18 Å². The van der Waals surface area contributed by atoms with Crippen molar-refractivity contribution in [1.82, 2.24) is 20.2 Å². The number of benzene rings is 2. The van der Waals surface area contributed by atoms with Crippen LogP contribution in [-0.4, -0.2) is 66.8 Å². The zero-order valence-electron chi connectivity index (χ0n) is 26.9. The summed E-state index contributed by atoms with van der Waals surface area (Å²) in [4.78, 5) is 12.6. The predicted molar refractivity (Wildman–Crippen MR) is 176 cm³/mol. The number of aromatic nitrogens is 2. The molecule has 47 heavy (non-hydrogen) atoms. The Hall–Kier alpha value is -3.80. The highest BCUT2D eigenvalue weighted by Gasteiger charge is 2.39. The molecular weight excluding hydrogens is 637 g/mol. The minimum atomic E-state index is -5.00.